The number of rotatable bonds is 8. The average molecular weight is 507 g/mol. The molecule has 1 heterocycles. The van der Waals surface area contributed by atoms with E-state index in [9.17, 15) is 27.2 Å². The van der Waals surface area contributed by atoms with Gasteiger partial charge in [-0.1, -0.05) is 0 Å². The van der Waals surface area contributed by atoms with Gasteiger partial charge in [-0.15, -0.1) is 0 Å². The van der Waals surface area contributed by atoms with Crippen LogP contribution < -0.4 is 19.1 Å². The van der Waals surface area contributed by atoms with Crippen molar-refractivity contribution >= 4 is 17.5 Å². The molecule has 0 atom stereocenters. The molecule has 192 valence electrons. The number of hydrogen-bond acceptors (Lipinski definition) is 5. The van der Waals surface area contributed by atoms with Crippen molar-refractivity contribution in [2.75, 3.05) is 12.0 Å². The van der Waals surface area contributed by atoms with Crippen molar-refractivity contribution in [3.05, 3.63) is 59.2 Å². The number of halogens is 4. The van der Waals surface area contributed by atoms with Crippen LogP contribution in [0.25, 0.3) is 0 Å². The van der Waals surface area contributed by atoms with Gasteiger partial charge in [0.25, 0.3) is 11.8 Å². The lowest BCUT2D eigenvalue weighted by Crippen LogP contribution is -2.43. The van der Waals surface area contributed by atoms with Gasteiger partial charge in [0.1, 0.15) is 5.75 Å². The van der Waals surface area contributed by atoms with Crippen molar-refractivity contribution in [2.45, 2.75) is 57.7 Å². The van der Waals surface area contributed by atoms with Gasteiger partial charge in [-0.3, -0.25) is 9.59 Å². The molecular formula is C26H25F4NO5. The molecule has 0 N–H and O–H groups in total. The summed E-state index contributed by atoms with van der Waals surface area (Å²) in [6, 6.07) is 7.31. The van der Waals surface area contributed by atoms with Crippen LogP contribution in [-0.4, -0.2) is 31.1 Å². The van der Waals surface area contributed by atoms with Crippen LogP contribution in [0.4, 0.5) is 23.2 Å². The summed E-state index contributed by atoms with van der Waals surface area (Å²) in [6.07, 6.45) is -2.62. The van der Waals surface area contributed by atoms with E-state index in [0.29, 0.717) is 24.0 Å². The van der Waals surface area contributed by atoms with Crippen LogP contribution in [0, 0.1) is 0 Å². The minimum Gasteiger partial charge on any atom is -0.493 e. The van der Waals surface area contributed by atoms with Crippen LogP contribution in [0.5, 0.6) is 17.2 Å². The fraction of sp³-hybridized carbons (Fsp3) is 0.385. The summed E-state index contributed by atoms with van der Waals surface area (Å²) < 4.78 is 74.0. The van der Waals surface area contributed by atoms with Gasteiger partial charge >= 0.3 is 12.0 Å². The van der Waals surface area contributed by atoms with E-state index in [2.05, 4.69) is 4.74 Å². The number of hydrogen-bond donors (Lipinski definition) is 0. The second kappa shape index (κ2) is 9.48. The van der Waals surface area contributed by atoms with Crippen LogP contribution in [-0.2, 0) is 15.5 Å². The molecule has 0 fully saturated rings. The first-order chi connectivity index (χ1) is 17.0. The third-order valence-electron chi connectivity index (χ3n) is 5.99. The molecule has 2 amide bonds. The van der Waals surface area contributed by atoms with Crippen molar-refractivity contribution < 1.29 is 41.4 Å². The summed E-state index contributed by atoms with van der Waals surface area (Å²) in [5, 5.41) is 0. The van der Waals surface area contributed by atoms with E-state index in [1.54, 1.807) is 13.8 Å². The van der Waals surface area contributed by atoms with E-state index in [1.165, 1.54) is 18.2 Å². The first kappa shape index (κ1) is 25.5. The molecule has 2 aromatic rings. The van der Waals surface area contributed by atoms with E-state index in [1.807, 2.05) is 0 Å². The van der Waals surface area contributed by atoms with Crippen molar-refractivity contribution in [3.63, 3.8) is 0 Å². The first-order valence-corrected chi connectivity index (χ1v) is 11.5. The zero-order chi connectivity index (χ0) is 26.3. The van der Waals surface area contributed by atoms with Gasteiger partial charge in [-0.2, -0.15) is 17.6 Å². The molecule has 1 aliphatic heterocycles. The lowest BCUT2D eigenvalue weighted by Gasteiger charge is -2.28. The lowest BCUT2D eigenvalue weighted by atomic mass is 9.93. The molecule has 6 nitrogen and oxygen atoms in total. The van der Waals surface area contributed by atoms with E-state index in [0.717, 1.165) is 49.1 Å². The molecule has 0 spiro atoms. The number of alkyl halides is 4. The van der Waals surface area contributed by atoms with Gasteiger partial charge in [0.15, 0.2) is 11.5 Å². The molecule has 0 saturated heterocycles. The maximum atomic E-state index is 14.8. The molecule has 0 aromatic heterocycles. The SMILES string of the molecule is COc1cc(N2C(=O)C3=C(CCCC3)C2=O)ccc1OC(F)(F)C(F)(F)c1ccc(OC(C)C)cc1. The molecule has 4 rings (SSSR count). The summed E-state index contributed by atoms with van der Waals surface area (Å²) in [5.74, 6) is -6.42. The Morgan fingerprint density at radius 1 is 0.861 bits per heavy atom. The minimum atomic E-state index is -4.96. The molecule has 0 bridgehead atoms. The highest BCUT2D eigenvalue weighted by atomic mass is 19.3. The predicted octanol–water partition coefficient (Wildman–Crippen LogP) is 5.99. The smallest absolute Gasteiger partial charge is 0.469 e. The van der Waals surface area contributed by atoms with Crippen molar-refractivity contribution in [3.8, 4) is 17.2 Å². The van der Waals surface area contributed by atoms with E-state index in [4.69, 9.17) is 9.47 Å². The summed E-state index contributed by atoms with van der Waals surface area (Å²) in [7, 11) is 1.13. The van der Waals surface area contributed by atoms with Gasteiger partial charge in [0, 0.05) is 22.8 Å². The number of methoxy groups -OCH3 is 1. The molecule has 2 aliphatic rings. The quantitative estimate of drug-likeness (QED) is 0.325. The van der Waals surface area contributed by atoms with Crippen LogP contribution >= 0.6 is 0 Å². The number of ether oxygens (including phenoxy) is 3. The Morgan fingerprint density at radius 2 is 1.44 bits per heavy atom. The number of carbonyl (C=O) groups is 2. The third kappa shape index (κ3) is 4.52. The summed E-state index contributed by atoms with van der Waals surface area (Å²) >= 11 is 0. The first-order valence-electron chi connectivity index (χ1n) is 11.5. The molecule has 0 saturated carbocycles. The zero-order valence-corrected chi connectivity index (χ0v) is 19.9. The fourth-order valence-electron chi connectivity index (χ4n) is 4.24. The Labute approximate surface area is 205 Å². The number of anilines is 1. The highest BCUT2D eigenvalue weighted by Crippen LogP contribution is 2.47. The van der Waals surface area contributed by atoms with E-state index >= 15 is 0 Å². The number of benzene rings is 2. The van der Waals surface area contributed by atoms with Gasteiger partial charge in [0.05, 0.1) is 18.9 Å². The van der Waals surface area contributed by atoms with Crippen molar-refractivity contribution in [1.82, 2.24) is 0 Å². The second-order valence-electron chi connectivity index (χ2n) is 8.83. The monoisotopic (exact) mass is 507 g/mol. The van der Waals surface area contributed by atoms with E-state index < -0.39 is 35.2 Å². The standard InChI is InChI=1S/C26H25F4NO5/c1-15(2)35-18-11-8-16(9-12-18)25(27,28)26(29,30)36-21-13-10-17(14-22(21)34-3)31-23(32)19-6-4-5-7-20(19)24(31)33/h8-15H,4-7H2,1-3H3. The minimum absolute atomic E-state index is 0.0689. The number of carbonyl (C=O) groups excluding carboxylic acids is 2. The second-order valence-corrected chi connectivity index (χ2v) is 8.83. The molecule has 2 aromatic carbocycles. The van der Waals surface area contributed by atoms with Gasteiger partial charge in [-0.25, -0.2) is 4.90 Å². The Hall–Kier alpha value is -3.56. The van der Waals surface area contributed by atoms with Gasteiger partial charge in [0.2, 0.25) is 0 Å². The van der Waals surface area contributed by atoms with Crippen LogP contribution in [0.1, 0.15) is 45.1 Å². The molecule has 0 radical (unpaired) electrons. The Morgan fingerprint density at radius 3 is 1.97 bits per heavy atom. The maximum absolute atomic E-state index is 14.8. The molecular weight excluding hydrogens is 482 g/mol. The van der Waals surface area contributed by atoms with Crippen molar-refractivity contribution in [2.24, 2.45) is 0 Å². The number of amides is 2. The van der Waals surface area contributed by atoms with Gasteiger partial charge < -0.3 is 14.2 Å². The molecule has 1 aliphatic carbocycles. The maximum Gasteiger partial charge on any atom is 0.469 e. The summed E-state index contributed by atoms with van der Waals surface area (Å²) in [6.45, 7) is 3.48. The summed E-state index contributed by atoms with van der Waals surface area (Å²) in [5.41, 5.74) is -0.00779. The fourth-order valence-corrected chi connectivity index (χ4v) is 4.24. The zero-order valence-electron chi connectivity index (χ0n) is 19.9. The highest BCUT2D eigenvalue weighted by molar-refractivity contribution is 6.33. The van der Waals surface area contributed by atoms with E-state index in [-0.39, 0.29) is 23.3 Å². The van der Waals surface area contributed by atoms with Crippen LogP contribution in [0.2, 0.25) is 0 Å². The third-order valence-corrected chi connectivity index (χ3v) is 5.99. The Bertz CT molecular complexity index is 1180. The van der Waals surface area contributed by atoms with Crippen LogP contribution in [0.15, 0.2) is 53.6 Å². The Kier molecular flexibility index (Phi) is 6.72. The number of nitrogens with zero attached hydrogens (tertiary/aromatic N) is 1. The number of imide groups is 1. The highest BCUT2D eigenvalue weighted by Gasteiger charge is 2.61. The topological polar surface area (TPSA) is 65.1 Å². The normalized spacial score (nSPS) is 16.5. The van der Waals surface area contributed by atoms with Crippen molar-refractivity contribution in [1.29, 1.82) is 0 Å². The largest absolute Gasteiger partial charge is 0.493 e. The van der Waals surface area contributed by atoms with Crippen LogP contribution in [0.3, 0.4) is 0 Å². The molecule has 36 heavy (non-hydrogen) atoms. The molecule has 0 unspecified atom stereocenters. The Balaban J connectivity index is 1.57. The average Bonchev–Trinajstić information content (AvgIpc) is 3.09. The predicted molar refractivity (Wildman–Crippen MR) is 123 cm³/mol. The van der Waals surface area contributed by atoms with Gasteiger partial charge in [-0.05, 0) is 75.9 Å². The lowest BCUT2D eigenvalue weighted by molar-refractivity contribution is -0.316. The summed E-state index contributed by atoms with van der Waals surface area (Å²) in [4.78, 5) is 26.5. The molecule has 10 heteroatoms.